The van der Waals surface area contributed by atoms with E-state index in [0.29, 0.717) is 17.7 Å². The van der Waals surface area contributed by atoms with Crippen LogP contribution in [0.3, 0.4) is 0 Å². The van der Waals surface area contributed by atoms with Gasteiger partial charge in [0.15, 0.2) is 5.78 Å². The van der Waals surface area contributed by atoms with Crippen molar-refractivity contribution < 1.29 is 14.7 Å². The first kappa shape index (κ1) is 10.5. The Balaban J connectivity index is 2.97. The van der Waals surface area contributed by atoms with Crippen LogP contribution >= 0.6 is 0 Å². The van der Waals surface area contributed by atoms with Crippen molar-refractivity contribution in [2.75, 3.05) is 0 Å². The fraction of sp³-hybridized carbons (Fsp3) is 0.400. The van der Waals surface area contributed by atoms with Gasteiger partial charge in [-0.3, -0.25) is 9.59 Å². The molecule has 1 aliphatic carbocycles. The first-order chi connectivity index (χ1) is 6.56. The summed E-state index contributed by atoms with van der Waals surface area (Å²) in [6.45, 7) is 1.78. The summed E-state index contributed by atoms with van der Waals surface area (Å²) < 4.78 is 0. The molecule has 14 heavy (non-hydrogen) atoms. The van der Waals surface area contributed by atoms with Crippen molar-refractivity contribution in [1.82, 2.24) is 0 Å². The summed E-state index contributed by atoms with van der Waals surface area (Å²) in [5.74, 6) is -1.57. The number of aliphatic carboxylic acids is 1. The Hall–Kier alpha value is -1.58. The zero-order valence-electron chi connectivity index (χ0n) is 7.99. The number of nitrogens with two attached hydrogens (primary N) is 1. The zero-order valence-corrected chi connectivity index (χ0v) is 7.99. The van der Waals surface area contributed by atoms with Crippen LogP contribution in [0, 0.1) is 5.92 Å². The van der Waals surface area contributed by atoms with Gasteiger partial charge in [0.25, 0.3) is 0 Å². The molecule has 3 N–H and O–H groups in total. The number of allylic oxidation sites excluding steroid dienone is 3. The number of carboxylic acid groups (broad SMARTS) is 1. The molecule has 0 aliphatic heterocycles. The van der Waals surface area contributed by atoms with Gasteiger partial charge >= 0.3 is 5.97 Å². The van der Waals surface area contributed by atoms with Gasteiger partial charge in [-0.25, -0.2) is 0 Å². The molecule has 4 heteroatoms. The number of rotatable bonds is 3. The van der Waals surface area contributed by atoms with Gasteiger partial charge in [-0.1, -0.05) is 13.0 Å². The van der Waals surface area contributed by atoms with Crippen molar-refractivity contribution in [1.29, 1.82) is 0 Å². The normalized spacial score (nSPS) is 18.5. The topological polar surface area (TPSA) is 80.4 Å². The van der Waals surface area contributed by atoms with Crippen LogP contribution in [-0.2, 0) is 9.59 Å². The molecule has 1 atom stereocenters. The maximum absolute atomic E-state index is 11.0. The van der Waals surface area contributed by atoms with Crippen LogP contribution in [0.5, 0.6) is 0 Å². The lowest BCUT2D eigenvalue weighted by Gasteiger charge is -2.17. The Bertz CT molecular complexity index is 328. The SMILES string of the molecule is CC[C@H](C(=O)O)C1=C(N)CC(=O)C=C1. The molecule has 0 heterocycles. The Morgan fingerprint density at radius 2 is 2.29 bits per heavy atom. The van der Waals surface area contributed by atoms with E-state index in [1.54, 1.807) is 6.92 Å². The molecule has 0 saturated carbocycles. The van der Waals surface area contributed by atoms with Crippen LogP contribution in [-0.4, -0.2) is 16.9 Å². The molecule has 0 aromatic carbocycles. The van der Waals surface area contributed by atoms with Crippen molar-refractivity contribution >= 4 is 11.8 Å². The summed E-state index contributed by atoms with van der Waals surface area (Å²) in [7, 11) is 0. The third kappa shape index (κ3) is 2.02. The van der Waals surface area contributed by atoms with Crippen molar-refractivity contribution in [3.05, 3.63) is 23.4 Å². The largest absolute Gasteiger partial charge is 0.481 e. The second-order valence-corrected chi connectivity index (χ2v) is 3.26. The van der Waals surface area contributed by atoms with Gasteiger partial charge in [0, 0.05) is 5.70 Å². The highest BCUT2D eigenvalue weighted by molar-refractivity contribution is 5.94. The highest BCUT2D eigenvalue weighted by Gasteiger charge is 2.23. The minimum absolute atomic E-state index is 0.0773. The zero-order chi connectivity index (χ0) is 10.7. The monoisotopic (exact) mass is 195 g/mol. The quantitative estimate of drug-likeness (QED) is 0.699. The number of carbonyl (C=O) groups excluding carboxylic acids is 1. The van der Waals surface area contributed by atoms with Crippen molar-refractivity contribution in [2.45, 2.75) is 19.8 Å². The fourth-order valence-electron chi connectivity index (χ4n) is 1.51. The van der Waals surface area contributed by atoms with Gasteiger partial charge in [0.2, 0.25) is 0 Å². The third-order valence-electron chi connectivity index (χ3n) is 2.27. The number of hydrogen-bond acceptors (Lipinski definition) is 3. The van der Waals surface area contributed by atoms with Gasteiger partial charge in [-0.2, -0.15) is 0 Å². The molecule has 0 spiro atoms. The average Bonchev–Trinajstić information content (AvgIpc) is 2.09. The lowest BCUT2D eigenvalue weighted by atomic mass is 9.90. The number of hydrogen-bond donors (Lipinski definition) is 2. The summed E-state index contributed by atoms with van der Waals surface area (Å²) in [6, 6.07) is 0. The minimum Gasteiger partial charge on any atom is -0.481 e. The van der Waals surface area contributed by atoms with Gasteiger partial charge < -0.3 is 10.8 Å². The van der Waals surface area contributed by atoms with Gasteiger partial charge in [0.05, 0.1) is 12.3 Å². The molecule has 0 fully saturated rings. The lowest BCUT2D eigenvalue weighted by Crippen LogP contribution is -2.21. The van der Waals surface area contributed by atoms with Crippen molar-refractivity contribution in [3.63, 3.8) is 0 Å². The molecular formula is C10H13NO3. The molecule has 0 bridgehead atoms. The maximum Gasteiger partial charge on any atom is 0.311 e. The summed E-state index contributed by atoms with van der Waals surface area (Å²) in [6.07, 6.45) is 3.51. The van der Waals surface area contributed by atoms with Crippen LogP contribution in [0.15, 0.2) is 23.4 Å². The van der Waals surface area contributed by atoms with Crippen LogP contribution in [0.1, 0.15) is 19.8 Å². The molecule has 0 amide bonds. The van der Waals surface area contributed by atoms with E-state index in [-0.39, 0.29) is 12.2 Å². The van der Waals surface area contributed by atoms with Crippen LogP contribution in [0.4, 0.5) is 0 Å². The molecule has 0 saturated heterocycles. The summed E-state index contributed by atoms with van der Waals surface area (Å²) >= 11 is 0. The van der Waals surface area contributed by atoms with E-state index in [9.17, 15) is 9.59 Å². The fourth-order valence-corrected chi connectivity index (χ4v) is 1.51. The molecular weight excluding hydrogens is 182 g/mol. The van der Waals surface area contributed by atoms with Crippen LogP contribution in [0.2, 0.25) is 0 Å². The van der Waals surface area contributed by atoms with Crippen LogP contribution in [0.25, 0.3) is 0 Å². The van der Waals surface area contributed by atoms with Gasteiger partial charge in [-0.05, 0) is 18.1 Å². The molecule has 1 aliphatic rings. The van der Waals surface area contributed by atoms with E-state index in [1.165, 1.54) is 12.2 Å². The van der Waals surface area contributed by atoms with Crippen LogP contribution < -0.4 is 5.73 Å². The Morgan fingerprint density at radius 3 is 2.71 bits per heavy atom. The second-order valence-electron chi connectivity index (χ2n) is 3.26. The van der Waals surface area contributed by atoms with E-state index in [0.717, 1.165) is 0 Å². The van der Waals surface area contributed by atoms with Gasteiger partial charge in [0.1, 0.15) is 0 Å². The molecule has 0 unspecified atom stereocenters. The third-order valence-corrected chi connectivity index (χ3v) is 2.27. The summed E-state index contributed by atoms with van der Waals surface area (Å²) in [5, 5.41) is 8.90. The van der Waals surface area contributed by atoms with E-state index < -0.39 is 11.9 Å². The standard InChI is InChI=1S/C10H13NO3/c1-2-7(10(13)14)8-4-3-6(12)5-9(8)11/h3-4,7H,2,5,11H2,1H3,(H,13,14)/t7-/m0/s1. The molecule has 0 aromatic rings. The first-order valence-corrected chi connectivity index (χ1v) is 4.48. The number of carboxylic acids is 1. The Morgan fingerprint density at radius 1 is 1.64 bits per heavy atom. The number of carbonyl (C=O) groups is 2. The molecule has 0 radical (unpaired) electrons. The molecule has 1 rings (SSSR count). The predicted molar refractivity (Wildman–Crippen MR) is 51.4 cm³/mol. The average molecular weight is 195 g/mol. The maximum atomic E-state index is 11.0. The van der Waals surface area contributed by atoms with Gasteiger partial charge in [-0.15, -0.1) is 0 Å². The Kier molecular flexibility index (Phi) is 3.06. The second kappa shape index (κ2) is 4.09. The highest BCUT2D eigenvalue weighted by atomic mass is 16.4. The first-order valence-electron chi connectivity index (χ1n) is 4.48. The van der Waals surface area contributed by atoms with E-state index >= 15 is 0 Å². The molecule has 76 valence electrons. The minimum atomic E-state index is -0.899. The van der Waals surface area contributed by atoms with Crippen molar-refractivity contribution in [2.24, 2.45) is 11.7 Å². The van der Waals surface area contributed by atoms with E-state index in [4.69, 9.17) is 10.8 Å². The highest BCUT2D eigenvalue weighted by Crippen LogP contribution is 2.23. The predicted octanol–water partition coefficient (Wildman–Crippen LogP) is 0.839. The Labute approximate surface area is 82.1 Å². The molecule has 0 aromatic heterocycles. The van der Waals surface area contributed by atoms with Crippen molar-refractivity contribution in [3.8, 4) is 0 Å². The molecule has 4 nitrogen and oxygen atoms in total. The number of ketones is 1. The smallest absolute Gasteiger partial charge is 0.311 e. The van der Waals surface area contributed by atoms with E-state index in [1.807, 2.05) is 0 Å². The summed E-state index contributed by atoms with van der Waals surface area (Å²) in [5.41, 5.74) is 6.58. The van der Waals surface area contributed by atoms with E-state index in [2.05, 4.69) is 0 Å². The summed E-state index contributed by atoms with van der Waals surface area (Å²) in [4.78, 5) is 21.8. The lowest BCUT2D eigenvalue weighted by molar-refractivity contribution is -0.140.